The van der Waals surface area contributed by atoms with Gasteiger partial charge in [-0.2, -0.15) is 18.2 Å². The second-order valence-electron chi connectivity index (χ2n) is 7.45. The van der Waals surface area contributed by atoms with Crippen LogP contribution in [0.1, 0.15) is 5.56 Å². The van der Waals surface area contributed by atoms with Gasteiger partial charge in [0.2, 0.25) is 5.88 Å². The Bertz CT molecular complexity index is 1290. The van der Waals surface area contributed by atoms with Crippen molar-refractivity contribution < 1.29 is 37.7 Å². The van der Waals surface area contributed by atoms with E-state index in [9.17, 15) is 23.1 Å². The van der Waals surface area contributed by atoms with Gasteiger partial charge in [0, 0.05) is 43.3 Å². The number of hydrogen-bond acceptors (Lipinski definition) is 9. The van der Waals surface area contributed by atoms with Gasteiger partial charge < -0.3 is 19.8 Å². The summed E-state index contributed by atoms with van der Waals surface area (Å²) < 4.78 is 36.9. The maximum atomic E-state index is 12.6. The van der Waals surface area contributed by atoms with E-state index in [1.165, 1.54) is 30.8 Å². The van der Waals surface area contributed by atoms with Crippen LogP contribution in [0, 0.1) is 0 Å². The molecule has 37 heavy (non-hydrogen) atoms. The van der Waals surface area contributed by atoms with Gasteiger partial charge in [-0.1, -0.05) is 34.5 Å². The van der Waals surface area contributed by atoms with Gasteiger partial charge in [0.05, 0.1) is 12.1 Å². The van der Waals surface area contributed by atoms with Crippen LogP contribution in [-0.4, -0.2) is 86.4 Å². The number of piperazine rings is 1. The van der Waals surface area contributed by atoms with Crippen molar-refractivity contribution in [1.29, 1.82) is 0 Å². The molecule has 0 atom stereocenters. The highest BCUT2D eigenvalue weighted by Crippen LogP contribution is 2.32. The molecule has 1 fully saturated rings. The fourth-order valence-electron chi connectivity index (χ4n) is 3.20. The molecule has 0 aliphatic carbocycles. The smallest absolute Gasteiger partial charge is 0.490 e. The molecule has 0 unspecified atom stereocenters. The highest BCUT2D eigenvalue weighted by Gasteiger charge is 2.38. The number of aromatic hydroxyl groups is 1. The standard InChI is InChI=1S/C18H18Cl2N6O3S.C2HF3O2/c1-29-15-13-16(22-9-21-15)30-17(23-13)24-18(28)26-4-2-25(3-5-26)8-10-6-11(19)7-12(20)14(10)27;3-2(4,5)1(6)7/h6-7,9,27H,2-5,8H2,1H3,(H,23,24,28);(H,6,7). The number of nitrogens with one attached hydrogen (secondary N) is 1. The first kappa shape index (κ1) is 28.4. The molecule has 2 aromatic heterocycles. The number of alkyl halides is 3. The molecule has 3 heterocycles. The maximum absolute atomic E-state index is 12.6. The third-order valence-corrected chi connectivity index (χ3v) is 6.36. The van der Waals surface area contributed by atoms with Crippen molar-refractivity contribution in [3.8, 4) is 11.6 Å². The number of phenols is 1. The predicted molar refractivity (Wildman–Crippen MR) is 129 cm³/mol. The second-order valence-corrected chi connectivity index (χ2v) is 9.27. The lowest BCUT2D eigenvalue weighted by Gasteiger charge is -2.34. The number of urea groups is 1. The van der Waals surface area contributed by atoms with Crippen LogP contribution in [0.25, 0.3) is 10.3 Å². The number of ether oxygens (including phenoxy) is 1. The van der Waals surface area contributed by atoms with E-state index in [1.807, 2.05) is 0 Å². The number of aromatic nitrogens is 3. The Morgan fingerprint density at radius 2 is 1.84 bits per heavy atom. The van der Waals surface area contributed by atoms with Gasteiger partial charge in [0.15, 0.2) is 15.5 Å². The van der Waals surface area contributed by atoms with E-state index in [4.69, 9.17) is 37.8 Å². The van der Waals surface area contributed by atoms with E-state index in [-0.39, 0.29) is 16.8 Å². The zero-order valence-corrected chi connectivity index (χ0v) is 21.2. The summed E-state index contributed by atoms with van der Waals surface area (Å²) in [7, 11) is 1.51. The third-order valence-electron chi connectivity index (χ3n) is 4.97. The fourth-order valence-corrected chi connectivity index (χ4v) is 4.52. The molecular formula is C20H19Cl2F3N6O5S. The number of phenolic OH excluding ortho intramolecular Hbond substituents is 1. The molecule has 200 valence electrons. The van der Waals surface area contributed by atoms with E-state index in [0.717, 1.165) is 0 Å². The van der Waals surface area contributed by atoms with Gasteiger partial charge in [-0.25, -0.2) is 19.6 Å². The number of halogens is 5. The molecule has 2 amide bonds. The number of thiazole rings is 1. The Labute approximate surface area is 221 Å². The summed E-state index contributed by atoms with van der Waals surface area (Å²) >= 11 is 13.3. The van der Waals surface area contributed by atoms with Crippen molar-refractivity contribution in [2.45, 2.75) is 12.7 Å². The number of amides is 2. The SMILES string of the molecule is COc1ncnc2sc(NC(=O)N3CCN(Cc4cc(Cl)cc(Cl)c4O)CC3)nc12.O=C(O)C(F)(F)F. The molecule has 0 spiro atoms. The van der Waals surface area contributed by atoms with E-state index in [2.05, 4.69) is 25.2 Å². The molecule has 0 saturated carbocycles. The molecule has 1 aliphatic rings. The summed E-state index contributed by atoms with van der Waals surface area (Å²) in [6.07, 6.45) is -3.69. The number of hydrogen-bond donors (Lipinski definition) is 3. The summed E-state index contributed by atoms with van der Waals surface area (Å²) in [5.74, 6) is -2.35. The molecule has 1 aromatic carbocycles. The zero-order valence-electron chi connectivity index (χ0n) is 18.9. The number of aliphatic carboxylic acids is 1. The van der Waals surface area contributed by atoms with E-state index < -0.39 is 12.1 Å². The quantitative estimate of drug-likeness (QED) is 0.414. The summed E-state index contributed by atoms with van der Waals surface area (Å²) in [6, 6.07) is 2.98. The summed E-state index contributed by atoms with van der Waals surface area (Å²) in [6.45, 7) is 2.87. The number of fused-ring (bicyclic) bond motifs is 1. The van der Waals surface area contributed by atoms with Gasteiger partial charge in [-0.05, 0) is 12.1 Å². The largest absolute Gasteiger partial charge is 0.506 e. The highest BCUT2D eigenvalue weighted by molar-refractivity contribution is 7.22. The average molecular weight is 583 g/mol. The molecule has 11 nitrogen and oxygen atoms in total. The van der Waals surface area contributed by atoms with E-state index in [0.29, 0.717) is 64.7 Å². The number of rotatable bonds is 4. The van der Waals surface area contributed by atoms with Gasteiger partial charge in [0.25, 0.3) is 0 Å². The molecule has 0 radical (unpaired) electrons. The van der Waals surface area contributed by atoms with Crippen molar-refractivity contribution in [3.05, 3.63) is 34.1 Å². The van der Waals surface area contributed by atoms with Crippen LogP contribution in [0.3, 0.4) is 0 Å². The van der Waals surface area contributed by atoms with Crippen LogP contribution in [0.5, 0.6) is 11.6 Å². The van der Waals surface area contributed by atoms with Crippen molar-refractivity contribution in [2.24, 2.45) is 0 Å². The monoisotopic (exact) mass is 582 g/mol. The van der Waals surface area contributed by atoms with E-state index in [1.54, 1.807) is 11.0 Å². The molecule has 17 heteroatoms. The number of carboxylic acid groups (broad SMARTS) is 1. The first-order valence-corrected chi connectivity index (χ1v) is 11.9. The Hall–Kier alpha value is -3.14. The molecule has 0 bridgehead atoms. The van der Waals surface area contributed by atoms with Crippen molar-refractivity contribution in [3.63, 3.8) is 0 Å². The molecule has 3 N–H and O–H groups in total. The van der Waals surface area contributed by atoms with Crippen molar-refractivity contribution in [2.75, 3.05) is 38.6 Å². The van der Waals surface area contributed by atoms with Crippen LogP contribution >= 0.6 is 34.5 Å². The first-order chi connectivity index (χ1) is 17.4. The minimum absolute atomic E-state index is 0.0376. The number of benzene rings is 1. The Kier molecular flexibility index (Phi) is 9.17. The molecule has 1 saturated heterocycles. The normalized spacial score (nSPS) is 14.2. The number of anilines is 1. The Balaban J connectivity index is 0.000000479. The topological polar surface area (TPSA) is 141 Å². The lowest BCUT2D eigenvalue weighted by atomic mass is 10.1. The summed E-state index contributed by atoms with van der Waals surface area (Å²) in [5, 5.41) is 21.2. The minimum Gasteiger partial charge on any atom is -0.506 e. The average Bonchev–Trinajstić information content (AvgIpc) is 3.25. The molecule has 3 aromatic rings. The fraction of sp³-hybridized carbons (Fsp3) is 0.350. The van der Waals surface area contributed by atoms with Gasteiger partial charge >= 0.3 is 18.2 Å². The number of nitrogens with zero attached hydrogens (tertiary/aromatic N) is 5. The molecular weight excluding hydrogens is 564 g/mol. The van der Waals surface area contributed by atoms with Crippen LogP contribution in [-0.2, 0) is 11.3 Å². The molecule has 4 rings (SSSR count). The summed E-state index contributed by atoms with van der Waals surface area (Å²) in [5.41, 5.74) is 1.18. The highest BCUT2D eigenvalue weighted by atomic mass is 35.5. The third kappa shape index (κ3) is 7.44. The minimum atomic E-state index is -5.08. The number of carboxylic acids is 1. The van der Waals surface area contributed by atoms with Crippen LogP contribution in [0.15, 0.2) is 18.5 Å². The van der Waals surface area contributed by atoms with Gasteiger partial charge in [-0.15, -0.1) is 0 Å². The van der Waals surface area contributed by atoms with Crippen LogP contribution in [0.4, 0.5) is 23.1 Å². The van der Waals surface area contributed by atoms with Gasteiger partial charge in [0.1, 0.15) is 12.1 Å². The number of carbonyl (C=O) groups is 2. The second kappa shape index (κ2) is 11.9. The number of carbonyl (C=O) groups excluding carboxylic acids is 1. The van der Waals surface area contributed by atoms with E-state index >= 15 is 0 Å². The molecule has 1 aliphatic heterocycles. The van der Waals surface area contributed by atoms with Gasteiger partial charge in [-0.3, -0.25) is 10.2 Å². The number of methoxy groups -OCH3 is 1. The first-order valence-electron chi connectivity index (χ1n) is 10.3. The maximum Gasteiger partial charge on any atom is 0.490 e. The Morgan fingerprint density at radius 1 is 1.19 bits per heavy atom. The van der Waals surface area contributed by atoms with Crippen molar-refractivity contribution >= 4 is 62.0 Å². The lowest BCUT2D eigenvalue weighted by Crippen LogP contribution is -2.49. The predicted octanol–water partition coefficient (Wildman–Crippen LogP) is 4.09. The zero-order chi connectivity index (χ0) is 27.3. The summed E-state index contributed by atoms with van der Waals surface area (Å²) in [4.78, 5) is 38.5. The van der Waals surface area contributed by atoms with Crippen LogP contribution in [0.2, 0.25) is 10.0 Å². The van der Waals surface area contributed by atoms with Crippen LogP contribution < -0.4 is 10.1 Å². The van der Waals surface area contributed by atoms with Crippen molar-refractivity contribution in [1.82, 2.24) is 24.8 Å². The Morgan fingerprint density at radius 3 is 2.43 bits per heavy atom. The lowest BCUT2D eigenvalue weighted by molar-refractivity contribution is -0.192.